The van der Waals surface area contributed by atoms with Crippen molar-refractivity contribution >= 4 is 0 Å². The lowest BCUT2D eigenvalue weighted by Crippen LogP contribution is -2.21. The molecule has 0 aliphatic heterocycles. The smallest absolute Gasteiger partial charge is 0.0932 e. The van der Waals surface area contributed by atoms with E-state index in [2.05, 4.69) is 15.3 Å². The molecule has 0 radical (unpaired) electrons. The molecule has 0 fully saturated rings. The molecule has 9 heteroatoms. The lowest BCUT2D eigenvalue weighted by molar-refractivity contribution is -0.000920. The predicted octanol–water partition coefficient (Wildman–Crippen LogP) is -0.0975. The molecular formula is C11H24N4O5. The summed E-state index contributed by atoms with van der Waals surface area (Å²) >= 11 is 0. The molecule has 0 amide bonds. The van der Waals surface area contributed by atoms with Crippen molar-refractivity contribution in [2.45, 2.75) is 0 Å². The van der Waals surface area contributed by atoms with Crippen LogP contribution in [0.3, 0.4) is 0 Å². The monoisotopic (exact) mass is 292 g/mol. The Morgan fingerprint density at radius 2 is 1.35 bits per heavy atom. The predicted molar refractivity (Wildman–Crippen MR) is 72.4 cm³/mol. The van der Waals surface area contributed by atoms with Gasteiger partial charge in [0.1, 0.15) is 0 Å². The van der Waals surface area contributed by atoms with E-state index in [9.17, 15) is 0 Å². The lowest BCUT2D eigenvalue weighted by atomic mass is 10.6. The van der Waals surface area contributed by atoms with Crippen LogP contribution < -0.4 is 5.32 Å². The van der Waals surface area contributed by atoms with Gasteiger partial charge in [0.15, 0.2) is 0 Å². The SMILES string of the molecule is [N-]=[N+]=NCCOCCOCCOCCOCCNCO. The highest BCUT2D eigenvalue weighted by atomic mass is 16.6. The van der Waals surface area contributed by atoms with E-state index in [0.717, 1.165) is 0 Å². The van der Waals surface area contributed by atoms with Crippen LogP contribution in [-0.4, -0.2) is 77.8 Å². The molecule has 0 aliphatic carbocycles. The maximum Gasteiger partial charge on any atom is 0.0932 e. The molecule has 0 rings (SSSR count). The van der Waals surface area contributed by atoms with Gasteiger partial charge in [-0.2, -0.15) is 0 Å². The van der Waals surface area contributed by atoms with Gasteiger partial charge in [0.2, 0.25) is 0 Å². The molecule has 0 spiro atoms. The van der Waals surface area contributed by atoms with Gasteiger partial charge in [0.25, 0.3) is 0 Å². The molecule has 118 valence electrons. The first-order chi connectivity index (χ1) is 9.91. The second-order valence-electron chi connectivity index (χ2n) is 3.56. The summed E-state index contributed by atoms with van der Waals surface area (Å²) in [5.74, 6) is 0. The van der Waals surface area contributed by atoms with Gasteiger partial charge in [-0.15, -0.1) is 0 Å². The third-order valence-electron chi connectivity index (χ3n) is 2.05. The van der Waals surface area contributed by atoms with E-state index in [0.29, 0.717) is 65.9 Å². The van der Waals surface area contributed by atoms with Crippen LogP contribution in [0.5, 0.6) is 0 Å². The van der Waals surface area contributed by atoms with Crippen molar-refractivity contribution in [1.82, 2.24) is 5.32 Å². The Balaban J connectivity index is 2.94. The Labute approximate surface area is 118 Å². The second-order valence-corrected chi connectivity index (χ2v) is 3.56. The number of hydrogen-bond acceptors (Lipinski definition) is 7. The van der Waals surface area contributed by atoms with Gasteiger partial charge in [-0.25, -0.2) is 0 Å². The van der Waals surface area contributed by atoms with Crippen LogP contribution >= 0.6 is 0 Å². The van der Waals surface area contributed by atoms with Crippen molar-refractivity contribution in [1.29, 1.82) is 0 Å². The Kier molecular flexibility index (Phi) is 17.2. The molecule has 0 aromatic rings. The highest BCUT2D eigenvalue weighted by Crippen LogP contribution is 1.83. The number of nitrogens with zero attached hydrogens (tertiary/aromatic N) is 3. The van der Waals surface area contributed by atoms with Gasteiger partial charge in [0, 0.05) is 18.0 Å². The number of aliphatic hydroxyl groups is 1. The molecule has 0 heterocycles. The fourth-order valence-electron chi connectivity index (χ4n) is 1.14. The molecule has 0 atom stereocenters. The number of ether oxygens (including phenoxy) is 4. The van der Waals surface area contributed by atoms with Crippen LogP contribution in [0.1, 0.15) is 0 Å². The average Bonchev–Trinajstić information content (AvgIpc) is 2.47. The topological polar surface area (TPSA) is 118 Å². The molecule has 0 aliphatic rings. The van der Waals surface area contributed by atoms with E-state index < -0.39 is 0 Å². The minimum atomic E-state index is -0.0353. The number of azide groups is 1. The molecule has 0 saturated heterocycles. The van der Waals surface area contributed by atoms with Crippen LogP contribution in [0.4, 0.5) is 0 Å². The minimum absolute atomic E-state index is 0.0353. The van der Waals surface area contributed by atoms with Crippen molar-refractivity contribution < 1.29 is 24.1 Å². The standard InChI is InChI=1S/C11H24N4O5/c12-15-14-2-4-18-6-8-20-10-9-19-7-5-17-3-1-13-11-16/h13,16H,1-11H2. The summed E-state index contributed by atoms with van der Waals surface area (Å²) in [4.78, 5) is 2.61. The molecule has 0 unspecified atom stereocenters. The van der Waals surface area contributed by atoms with Gasteiger partial charge in [0.05, 0.1) is 59.6 Å². The van der Waals surface area contributed by atoms with Gasteiger partial charge in [-0.1, -0.05) is 5.11 Å². The zero-order valence-electron chi connectivity index (χ0n) is 11.7. The number of hydrogen-bond donors (Lipinski definition) is 2. The highest BCUT2D eigenvalue weighted by molar-refractivity contribution is 4.44. The zero-order chi connectivity index (χ0) is 14.7. The lowest BCUT2D eigenvalue weighted by Gasteiger charge is -2.07. The van der Waals surface area contributed by atoms with Crippen molar-refractivity contribution in [3.05, 3.63) is 10.4 Å². The van der Waals surface area contributed by atoms with Crippen molar-refractivity contribution in [3.8, 4) is 0 Å². The van der Waals surface area contributed by atoms with Crippen LogP contribution in [-0.2, 0) is 18.9 Å². The molecule has 0 aromatic heterocycles. The van der Waals surface area contributed by atoms with Gasteiger partial charge in [-0.05, 0) is 5.53 Å². The van der Waals surface area contributed by atoms with E-state index in [1.165, 1.54) is 0 Å². The van der Waals surface area contributed by atoms with Crippen molar-refractivity contribution in [2.24, 2.45) is 5.11 Å². The Bertz CT molecular complexity index is 239. The summed E-state index contributed by atoms with van der Waals surface area (Å²) in [5, 5.41) is 14.5. The third kappa shape index (κ3) is 17.1. The summed E-state index contributed by atoms with van der Waals surface area (Å²) < 4.78 is 20.9. The first kappa shape index (κ1) is 19.1. The molecule has 9 nitrogen and oxygen atoms in total. The number of rotatable bonds is 16. The summed E-state index contributed by atoms with van der Waals surface area (Å²) in [7, 11) is 0. The Hall–Kier alpha value is -0.930. The summed E-state index contributed by atoms with van der Waals surface area (Å²) in [6.45, 7) is 4.91. The molecule has 0 saturated carbocycles. The molecule has 2 N–H and O–H groups in total. The van der Waals surface area contributed by atoms with Crippen LogP contribution in [0.15, 0.2) is 5.11 Å². The number of aliphatic hydroxyl groups excluding tert-OH is 1. The summed E-state index contributed by atoms with van der Waals surface area (Å²) in [5.41, 5.74) is 8.02. The Morgan fingerprint density at radius 3 is 1.85 bits per heavy atom. The zero-order valence-corrected chi connectivity index (χ0v) is 11.7. The van der Waals surface area contributed by atoms with E-state index >= 15 is 0 Å². The first-order valence-corrected chi connectivity index (χ1v) is 6.55. The highest BCUT2D eigenvalue weighted by Gasteiger charge is 1.92. The maximum absolute atomic E-state index is 8.45. The van der Waals surface area contributed by atoms with Gasteiger partial charge >= 0.3 is 0 Å². The van der Waals surface area contributed by atoms with E-state index in [-0.39, 0.29) is 6.73 Å². The quantitative estimate of drug-likeness (QED) is 0.135. The third-order valence-corrected chi connectivity index (χ3v) is 2.05. The maximum atomic E-state index is 8.45. The fraction of sp³-hybridized carbons (Fsp3) is 1.00. The molecule has 0 bridgehead atoms. The van der Waals surface area contributed by atoms with Crippen molar-refractivity contribution in [2.75, 3.05) is 72.7 Å². The van der Waals surface area contributed by atoms with Crippen molar-refractivity contribution in [3.63, 3.8) is 0 Å². The molecule has 20 heavy (non-hydrogen) atoms. The van der Waals surface area contributed by atoms with Gasteiger partial charge in [-0.3, -0.25) is 5.32 Å². The van der Waals surface area contributed by atoms with Crippen LogP contribution in [0.2, 0.25) is 0 Å². The van der Waals surface area contributed by atoms with E-state index in [1.807, 2.05) is 0 Å². The molecule has 0 aromatic carbocycles. The van der Waals surface area contributed by atoms with Crippen LogP contribution in [0.25, 0.3) is 10.4 Å². The Morgan fingerprint density at radius 1 is 0.850 bits per heavy atom. The second kappa shape index (κ2) is 18.1. The average molecular weight is 292 g/mol. The van der Waals surface area contributed by atoms with Crippen LogP contribution in [0, 0.1) is 0 Å². The largest absolute Gasteiger partial charge is 0.381 e. The van der Waals surface area contributed by atoms with E-state index in [4.69, 9.17) is 29.6 Å². The normalized spacial score (nSPS) is 10.4. The fourth-order valence-corrected chi connectivity index (χ4v) is 1.14. The van der Waals surface area contributed by atoms with E-state index in [1.54, 1.807) is 0 Å². The first-order valence-electron chi connectivity index (χ1n) is 6.55. The van der Waals surface area contributed by atoms with Gasteiger partial charge < -0.3 is 24.1 Å². The summed E-state index contributed by atoms with van der Waals surface area (Å²) in [6, 6.07) is 0. The summed E-state index contributed by atoms with van der Waals surface area (Å²) in [6.07, 6.45) is 0. The number of nitrogens with one attached hydrogen (secondary N) is 1. The minimum Gasteiger partial charge on any atom is -0.381 e. The molecular weight excluding hydrogens is 268 g/mol.